The zero-order chi connectivity index (χ0) is 14.8. The van der Waals surface area contributed by atoms with Gasteiger partial charge in [-0.3, -0.25) is 4.79 Å². The minimum absolute atomic E-state index is 0.0609. The van der Waals surface area contributed by atoms with Gasteiger partial charge in [0, 0.05) is 12.1 Å². The summed E-state index contributed by atoms with van der Waals surface area (Å²) in [7, 11) is 0. The molecule has 1 amide bonds. The van der Waals surface area contributed by atoms with E-state index in [0.29, 0.717) is 11.7 Å². The van der Waals surface area contributed by atoms with Crippen LogP contribution >= 0.6 is 0 Å². The van der Waals surface area contributed by atoms with Crippen molar-refractivity contribution in [1.82, 2.24) is 5.32 Å². The van der Waals surface area contributed by atoms with Gasteiger partial charge in [-0.25, -0.2) is 4.39 Å². The first kappa shape index (κ1) is 14.4. The van der Waals surface area contributed by atoms with E-state index in [0.717, 1.165) is 11.8 Å². The van der Waals surface area contributed by atoms with Crippen molar-refractivity contribution in [3.8, 4) is 5.75 Å². The quantitative estimate of drug-likeness (QED) is 0.905. The minimum Gasteiger partial charge on any atom is -0.484 e. The molecule has 21 heavy (non-hydrogen) atoms. The fourth-order valence-electron chi connectivity index (χ4n) is 4.01. The van der Waals surface area contributed by atoms with Crippen LogP contribution in [-0.2, 0) is 4.79 Å². The van der Waals surface area contributed by atoms with Gasteiger partial charge in [0.25, 0.3) is 5.91 Å². The highest BCUT2D eigenvalue weighted by molar-refractivity contribution is 5.77. The molecule has 0 aliphatic heterocycles. The Morgan fingerprint density at radius 2 is 2.29 bits per heavy atom. The lowest BCUT2D eigenvalue weighted by Gasteiger charge is -2.28. The first-order valence-corrected chi connectivity index (χ1v) is 7.79. The number of halogens is 1. The lowest BCUT2D eigenvalue weighted by atomic mass is 9.84. The predicted molar refractivity (Wildman–Crippen MR) is 78.4 cm³/mol. The molecule has 3 nitrogen and oxygen atoms in total. The van der Waals surface area contributed by atoms with Crippen molar-refractivity contribution < 1.29 is 13.9 Å². The SMILES string of the molecule is C[C@H](NC(=O)COc1cccc(F)c1)[C@@H]1C[C@@H]2CC[C@@H]1C2. The molecule has 4 atom stereocenters. The molecule has 114 valence electrons. The summed E-state index contributed by atoms with van der Waals surface area (Å²) in [6.07, 6.45) is 5.27. The molecule has 0 aromatic heterocycles. The van der Waals surface area contributed by atoms with Crippen LogP contribution in [0.2, 0.25) is 0 Å². The Bertz CT molecular complexity index is 519. The van der Waals surface area contributed by atoms with Crippen molar-refractivity contribution in [2.24, 2.45) is 17.8 Å². The van der Waals surface area contributed by atoms with Crippen LogP contribution < -0.4 is 10.1 Å². The molecular weight excluding hydrogens is 269 g/mol. The zero-order valence-electron chi connectivity index (χ0n) is 12.3. The van der Waals surface area contributed by atoms with Crippen molar-refractivity contribution in [2.75, 3.05) is 6.61 Å². The van der Waals surface area contributed by atoms with E-state index in [1.165, 1.54) is 37.8 Å². The monoisotopic (exact) mass is 291 g/mol. The van der Waals surface area contributed by atoms with Crippen molar-refractivity contribution in [3.05, 3.63) is 30.1 Å². The van der Waals surface area contributed by atoms with E-state index in [1.54, 1.807) is 12.1 Å². The molecule has 0 saturated heterocycles. The van der Waals surface area contributed by atoms with E-state index >= 15 is 0 Å². The average molecular weight is 291 g/mol. The number of fused-ring (bicyclic) bond motifs is 2. The van der Waals surface area contributed by atoms with Gasteiger partial charge in [-0.05, 0) is 56.1 Å². The molecule has 3 rings (SSSR count). The molecule has 0 spiro atoms. The molecule has 0 radical (unpaired) electrons. The molecule has 1 aromatic carbocycles. The summed E-state index contributed by atoms with van der Waals surface area (Å²) >= 11 is 0. The first-order valence-electron chi connectivity index (χ1n) is 7.79. The third kappa shape index (κ3) is 3.36. The lowest BCUT2D eigenvalue weighted by Crippen LogP contribution is -2.42. The van der Waals surface area contributed by atoms with Crippen molar-refractivity contribution >= 4 is 5.91 Å². The van der Waals surface area contributed by atoms with Gasteiger partial charge < -0.3 is 10.1 Å². The summed E-state index contributed by atoms with van der Waals surface area (Å²) < 4.78 is 18.3. The summed E-state index contributed by atoms with van der Waals surface area (Å²) in [5, 5.41) is 3.03. The number of carbonyl (C=O) groups excluding carboxylic acids is 1. The van der Waals surface area contributed by atoms with Gasteiger partial charge >= 0.3 is 0 Å². The molecular formula is C17H22FNO2. The number of benzene rings is 1. The Hall–Kier alpha value is -1.58. The number of amides is 1. The van der Waals surface area contributed by atoms with E-state index < -0.39 is 0 Å². The number of hydrogen-bond acceptors (Lipinski definition) is 2. The standard InChI is InChI=1S/C17H22FNO2/c1-11(16-8-12-5-6-13(16)7-12)19-17(20)10-21-15-4-2-3-14(18)9-15/h2-4,9,11-13,16H,5-8,10H2,1H3,(H,19,20)/t11-,12+,13+,16-/m0/s1. The van der Waals surface area contributed by atoms with Crippen LogP contribution in [0.5, 0.6) is 5.75 Å². The van der Waals surface area contributed by atoms with Crippen LogP contribution in [0, 0.1) is 23.6 Å². The largest absolute Gasteiger partial charge is 0.484 e. The maximum Gasteiger partial charge on any atom is 0.258 e. The van der Waals surface area contributed by atoms with Gasteiger partial charge in [0.2, 0.25) is 0 Å². The summed E-state index contributed by atoms with van der Waals surface area (Å²) in [5.74, 6) is 2.18. The fraction of sp³-hybridized carbons (Fsp3) is 0.588. The summed E-state index contributed by atoms with van der Waals surface area (Å²) in [4.78, 5) is 11.9. The van der Waals surface area contributed by atoms with Gasteiger partial charge in [-0.15, -0.1) is 0 Å². The van der Waals surface area contributed by atoms with Crippen LogP contribution in [0.3, 0.4) is 0 Å². The third-order valence-electron chi connectivity index (χ3n) is 4.99. The zero-order valence-corrected chi connectivity index (χ0v) is 12.3. The number of hydrogen-bond donors (Lipinski definition) is 1. The molecule has 0 unspecified atom stereocenters. The molecule has 2 bridgehead atoms. The van der Waals surface area contributed by atoms with E-state index in [4.69, 9.17) is 4.74 Å². The second kappa shape index (κ2) is 6.04. The Labute approximate surface area is 124 Å². The van der Waals surface area contributed by atoms with Crippen LogP contribution in [0.4, 0.5) is 4.39 Å². The minimum atomic E-state index is -0.358. The smallest absolute Gasteiger partial charge is 0.258 e. The third-order valence-corrected chi connectivity index (χ3v) is 4.99. The Morgan fingerprint density at radius 3 is 2.95 bits per heavy atom. The van der Waals surface area contributed by atoms with Crippen LogP contribution in [0.15, 0.2) is 24.3 Å². The lowest BCUT2D eigenvalue weighted by molar-refractivity contribution is -0.124. The van der Waals surface area contributed by atoms with E-state index in [9.17, 15) is 9.18 Å². The first-order chi connectivity index (χ1) is 10.1. The molecule has 4 heteroatoms. The van der Waals surface area contributed by atoms with Crippen LogP contribution in [-0.4, -0.2) is 18.6 Å². The maximum atomic E-state index is 13.0. The Balaban J connectivity index is 1.46. The normalized spacial score (nSPS) is 28.4. The van der Waals surface area contributed by atoms with Gasteiger partial charge in [-0.2, -0.15) is 0 Å². The van der Waals surface area contributed by atoms with Gasteiger partial charge in [0.05, 0.1) is 0 Å². The molecule has 0 heterocycles. The van der Waals surface area contributed by atoms with E-state index in [2.05, 4.69) is 12.2 Å². The predicted octanol–water partition coefficient (Wildman–Crippen LogP) is 3.15. The number of ether oxygens (including phenoxy) is 1. The average Bonchev–Trinajstić information content (AvgIpc) is 3.08. The molecule has 2 fully saturated rings. The highest BCUT2D eigenvalue weighted by Gasteiger charge is 2.42. The highest BCUT2D eigenvalue weighted by atomic mass is 19.1. The second-order valence-electron chi connectivity index (χ2n) is 6.44. The Morgan fingerprint density at radius 1 is 1.43 bits per heavy atom. The second-order valence-corrected chi connectivity index (χ2v) is 6.44. The molecule has 1 aromatic rings. The molecule has 2 saturated carbocycles. The Kier molecular flexibility index (Phi) is 4.13. The van der Waals surface area contributed by atoms with E-state index in [1.807, 2.05) is 0 Å². The van der Waals surface area contributed by atoms with Gasteiger partial charge in [0.1, 0.15) is 11.6 Å². The molecule has 2 aliphatic rings. The van der Waals surface area contributed by atoms with Gasteiger partial charge in [0.15, 0.2) is 6.61 Å². The van der Waals surface area contributed by atoms with Crippen molar-refractivity contribution in [2.45, 2.75) is 38.6 Å². The fourth-order valence-corrected chi connectivity index (χ4v) is 4.01. The van der Waals surface area contributed by atoms with Crippen LogP contribution in [0.1, 0.15) is 32.6 Å². The summed E-state index contributed by atoms with van der Waals surface area (Å²) in [5.41, 5.74) is 0. The van der Waals surface area contributed by atoms with Crippen molar-refractivity contribution in [1.29, 1.82) is 0 Å². The van der Waals surface area contributed by atoms with Crippen LogP contribution in [0.25, 0.3) is 0 Å². The summed E-state index contributed by atoms with van der Waals surface area (Å²) in [6, 6.07) is 6.05. The molecule has 2 aliphatic carbocycles. The highest BCUT2D eigenvalue weighted by Crippen LogP contribution is 2.49. The number of rotatable bonds is 5. The maximum absolute atomic E-state index is 13.0. The topological polar surface area (TPSA) is 38.3 Å². The van der Waals surface area contributed by atoms with E-state index in [-0.39, 0.29) is 24.4 Å². The van der Waals surface area contributed by atoms with Crippen molar-refractivity contribution in [3.63, 3.8) is 0 Å². The number of carbonyl (C=O) groups is 1. The van der Waals surface area contributed by atoms with Gasteiger partial charge in [-0.1, -0.05) is 12.5 Å². The molecule has 1 N–H and O–H groups in total. The summed E-state index contributed by atoms with van der Waals surface area (Å²) in [6.45, 7) is 2.03. The number of nitrogens with one attached hydrogen (secondary N) is 1.